The Labute approximate surface area is 162 Å². The molecular formula is C18H29IN4O. The van der Waals surface area contributed by atoms with E-state index in [1.165, 1.54) is 25.7 Å². The van der Waals surface area contributed by atoms with Gasteiger partial charge in [0.2, 0.25) is 0 Å². The first-order valence-electron chi connectivity index (χ1n) is 8.77. The summed E-state index contributed by atoms with van der Waals surface area (Å²) in [6.07, 6.45) is 8.50. The molecule has 3 rings (SSSR count). The molecule has 0 aliphatic heterocycles. The number of pyridine rings is 1. The minimum Gasteiger partial charge on any atom is -0.378 e. The summed E-state index contributed by atoms with van der Waals surface area (Å²) in [5.41, 5.74) is 1.34. The van der Waals surface area contributed by atoms with Crippen molar-refractivity contribution < 1.29 is 4.74 Å². The van der Waals surface area contributed by atoms with Crippen molar-refractivity contribution in [2.75, 3.05) is 13.7 Å². The zero-order valence-electron chi connectivity index (χ0n) is 14.6. The van der Waals surface area contributed by atoms with Crippen LogP contribution in [0, 0.1) is 5.41 Å². The molecule has 1 aromatic heterocycles. The maximum atomic E-state index is 5.98. The van der Waals surface area contributed by atoms with E-state index in [0.29, 0.717) is 24.1 Å². The Balaban J connectivity index is 0.00000208. The van der Waals surface area contributed by atoms with Crippen molar-refractivity contribution in [1.82, 2.24) is 15.6 Å². The SMILES string of the molecule is CCOC1CC(NC(=NC)NCc2ccccn2)C12CCCC2.I. The molecule has 1 aromatic rings. The lowest BCUT2D eigenvalue weighted by Crippen LogP contribution is -2.65. The summed E-state index contributed by atoms with van der Waals surface area (Å²) in [5.74, 6) is 0.863. The highest BCUT2D eigenvalue weighted by molar-refractivity contribution is 14.0. The topological polar surface area (TPSA) is 58.5 Å². The van der Waals surface area contributed by atoms with Gasteiger partial charge < -0.3 is 15.4 Å². The number of hydrogen-bond donors (Lipinski definition) is 2. The highest BCUT2D eigenvalue weighted by Crippen LogP contribution is 2.54. The van der Waals surface area contributed by atoms with E-state index in [0.717, 1.165) is 24.7 Å². The number of nitrogens with one attached hydrogen (secondary N) is 2. The van der Waals surface area contributed by atoms with Gasteiger partial charge >= 0.3 is 0 Å². The Morgan fingerprint density at radius 3 is 2.79 bits per heavy atom. The number of nitrogens with zero attached hydrogens (tertiary/aromatic N) is 2. The summed E-state index contributed by atoms with van der Waals surface area (Å²) in [4.78, 5) is 8.72. The Morgan fingerprint density at radius 2 is 2.17 bits per heavy atom. The third kappa shape index (κ3) is 4.02. The van der Waals surface area contributed by atoms with Gasteiger partial charge in [-0.1, -0.05) is 18.9 Å². The van der Waals surface area contributed by atoms with Crippen molar-refractivity contribution in [2.45, 2.75) is 57.7 Å². The molecule has 2 fully saturated rings. The maximum absolute atomic E-state index is 5.98. The molecule has 2 atom stereocenters. The molecule has 2 unspecified atom stereocenters. The fourth-order valence-corrected chi connectivity index (χ4v) is 4.13. The number of ether oxygens (including phenoxy) is 1. The molecule has 2 saturated carbocycles. The molecule has 0 aromatic carbocycles. The molecule has 134 valence electrons. The first-order chi connectivity index (χ1) is 11.3. The van der Waals surface area contributed by atoms with Crippen LogP contribution in [-0.2, 0) is 11.3 Å². The van der Waals surface area contributed by atoms with Crippen molar-refractivity contribution >= 4 is 29.9 Å². The van der Waals surface area contributed by atoms with Crippen LogP contribution in [0.5, 0.6) is 0 Å². The van der Waals surface area contributed by atoms with Crippen LogP contribution in [0.1, 0.15) is 44.7 Å². The van der Waals surface area contributed by atoms with Crippen molar-refractivity contribution in [2.24, 2.45) is 10.4 Å². The van der Waals surface area contributed by atoms with Gasteiger partial charge in [-0.15, -0.1) is 24.0 Å². The minimum atomic E-state index is 0. The summed E-state index contributed by atoms with van der Waals surface area (Å²) >= 11 is 0. The van der Waals surface area contributed by atoms with Crippen molar-refractivity contribution in [1.29, 1.82) is 0 Å². The second kappa shape index (κ2) is 8.99. The number of rotatable bonds is 5. The van der Waals surface area contributed by atoms with Crippen LogP contribution in [0.2, 0.25) is 0 Å². The van der Waals surface area contributed by atoms with E-state index in [-0.39, 0.29) is 24.0 Å². The fourth-order valence-electron chi connectivity index (χ4n) is 4.13. The molecule has 0 bridgehead atoms. The second-order valence-electron chi connectivity index (χ2n) is 6.56. The van der Waals surface area contributed by atoms with Crippen LogP contribution in [0.4, 0.5) is 0 Å². The van der Waals surface area contributed by atoms with Crippen LogP contribution >= 0.6 is 24.0 Å². The first-order valence-corrected chi connectivity index (χ1v) is 8.77. The zero-order valence-corrected chi connectivity index (χ0v) is 17.0. The Morgan fingerprint density at radius 1 is 1.38 bits per heavy atom. The fraction of sp³-hybridized carbons (Fsp3) is 0.667. The van der Waals surface area contributed by atoms with Gasteiger partial charge in [-0.2, -0.15) is 0 Å². The third-order valence-corrected chi connectivity index (χ3v) is 5.38. The molecular weight excluding hydrogens is 415 g/mol. The van der Waals surface area contributed by atoms with Crippen LogP contribution in [-0.4, -0.2) is 36.7 Å². The molecule has 0 saturated heterocycles. The molecule has 1 heterocycles. The van der Waals surface area contributed by atoms with Gasteiger partial charge in [0, 0.05) is 31.3 Å². The van der Waals surface area contributed by atoms with Crippen molar-refractivity contribution in [3.63, 3.8) is 0 Å². The van der Waals surface area contributed by atoms with E-state index in [1.807, 2.05) is 31.4 Å². The zero-order chi connectivity index (χ0) is 16.1. The predicted octanol–water partition coefficient (Wildman–Crippen LogP) is 3.10. The smallest absolute Gasteiger partial charge is 0.191 e. The monoisotopic (exact) mass is 444 g/mol. The lowest BCUT2D eigenvalue weighted by Gasteiger charge is -2.54. The van der Waals surface area contributed by atoms with Gasteiger partial charge in [0.1, 0.15) is 0 Å². The van der Waals surface area contributed by atoms with Gasteiger partial charge in [0.25, 0.3) is 0 Å². The molecule has 0 radical (unpaired) electrons. The van der Waals surface area contributed by atoms with E-state index >= 15 is 0 Å². The van der Waals surface area contributed by atoms with Crippen molar-refractivity contribution in [3.05, 3.63) is 30.1 Å². The van der Waals surface area contributed by atoms with Crippen LogP contribution < -0.4 is 10.6 Å². The normalized spacial score (nSPS) is 25.0. The highest BCUT2D eigenvalue weighted by Gasteiger charge is 2.56. The lowest BCUT2D eigenvalue weighted by atomic mass is 9.60. The van der Waals surface area contributed by atoms with Gasteiger partial charge in [0.15, 0.2) is 5.96 Å². The summed E-state index contributed by atoms with van der Waals surface area (Å²) in [5, 5.41) is 7.00. The van der Waals surface area contributed by atoms with Crippen LogP contribution in [0.15, 0.2) is 29.4 Å². The van der Waals surface area contributed by atoms with Gasteiger partial charge in [-0.3, -0.25) is 9.98 Å². The summed E-state index contributed by atoms with van der Waals surface area (Å²) in [6, 6.07) is 6.43. The molecule has 2 N–H and O–H groups in total. The molecule has 6 heteroatoms. The molecule has 2 aliphatic rings. The third-order valence-electron chi connectivity index (χ3n) is 5.38. The predicted molar refractivity (Wildman–Crippen MR) is 108 cm³/mol. The molecule has 2 aliphatic carbocycles. The van der Waals surface area contributed by atoms with E-state index in [1.54, 1.807) is 0 Å². The van der Waals surface area contributed by atoms with Crippen LogP contribution in [0.25, 0.3) is 0 Å². The summed E-state index contributed by atoms with van der Waals surface area (Å²) in [7, 11) is 1.83. The summed E-state index contributed by atoms with van der Waals surface area (Å²) in [6.45, 7) is 3.59. The number of aromatic nitrogens is 1. The Kier molecular flexibility index (Phi) is 7.28. The van der Waals surface area contributed by atoms with E-state index in [4.69, 9.17) is 4.74 Å². The van der Waals surface area contributed by atoms with E-state index < -0.39 is 0 Å². The second-order valence-corrected chi connectivity index (χ2v) is 6.56. The van der Waals surface area contributed by atoms with Gasteiger partial charge in [-0.05, 0) is 38.3 Å². The number of hydrogen-bond acceptors (Lipinski definition) is 3. The molecule has 24 heavy (non-hydrogen) atoms. The lowest BCUT2D eigenvalue weighted by molar-refractivity contribution is -0.125. The molecule has 5 nitrogen and oxygen atoms in total. The average molecular weight is 444 g/mol. The maximum Gasteiger partial charge on any atom is 0.191 e. The standard InChI is InChI=1S/C18H28N4O.HI/c1-3-23-16-12-15(18(16)9-5-6-10-18)22-17(19-2)21-13-14-8-4-7-11-20-14;/h4,7-8,11,15-16H,3,5-6,9-10,12-13H2,1-2H3,(H2,19,21,22);1H. The summed E-state index contributed by atoms with van der Waals surface area (Å²) < 4.78 is 5.98. The Bertz CT molecular complexity index is 531. The molecule has 1 spiro atoms. The Hall–Kier alpha value is -0.890. The van der Waals surface area contributed by atoms with E-state index in [9.17, 15) is 0 Å². The van der Waals surface area contributed by atoms with Crippen LogP contribution in [0.3, 0.4) is 0 Å². The van der Waals surface area contributed by atoms with Crippen molar-refractivity contribution in [3.8, 4) is 0 Å². The number of halogens is 1. The minimum absolute atomic E-state index is 0. The van der Waals surface area contributed by atoms with Gasteiger partial charge in [0.05, 0.1) is 18.3 Å². The molecule has 0 amide bonds. The van der Waals surface area contributed by atoms with E-state index in [2.05, 4.69) is 27.5 Å². The number of aliphatic imine (C=N–C) groups is 1. The first kappa shape index (κ1) is 19.4. The highest BCUT2D eigenvalue weighted by atomic mass is 127. The average Bonchev–Trinajstić information content (AvgIpc) is 3.10. The number of guanidine groups is 1. The van der Waals surface area contributed by atoms with Gasteiger partial charge in [-0.25, -0.2) is 0 Å². The largest absolute Gasteiger partial charge is 0.378 e. The quantitative estimate of drug-likeness (QED) is 0.417.